The van der Waals surface area contributed by atoms with Crippen molar-refractivity contribution in [3.8, 4) is 0 Å². The Balaban J connectivity index is 2.21. The summed E-state index contributed by atoms with van der Waals surface area (Å²) in [5.41, 5.74) is -2.51. The summed E-state index contributed by atoms with van der Waals surface area (Å²) in [6.07, 6.45) is 4.77. The molecule has 1 aliphatic heterocycles. The molecule has 0 aromatic carbocycles. The number of aliphatic hydroxyl groups is 2. The van der Waals surface area contributed by atoms with E-state index < -0.39 is 21.1 Å². The minimum absolute atomic E-state index is 0.0676. The lowest BCUT2D eigenvalue weighted by molar-refractivity contribution is -0.161. The number of hydrogen-bond acceptors (Lipinski definition) is 3. The number of halogens is 2. The van der Waals surface area contributed by atoms with E-state index in [1.807, 2.05) is 26.0 Å². The molecule has 3 nitrogen and oxygen atoms in total. The quantitative estimate of drug-likeness (QED) is 0.477. The van der Waals surface area contributed by atoms with E-state index in [0.717, 1.165) is 0 Å². The fraction of sp³-hybridized carbons (Fsp3) is 0.867. The van der Waals surface area contributed by atoms with Gasteiger partial charge in [0.2, 0.25) is 0 Å². The van der Waals surface area contributed by atoms with Crippen molar-refractivity contribution in [3.05, 3.63) is 12.2 Å². The van der Waals surface area contributed by atoms with Crippen LogP contribution < -0.4 is 0 Å². The highest BCUT2D eigenvalue weighted by molar-refractivity contribution is 9.10. The van der Waals surface area contributed by atoms with Crippen LogP contribution in [0.1, 0.15) is 40.5 Å². The summed E-state index contributed by atoms with van der Waals surface area (Å²) >= 11 is 7.37. The SMILES string of the molecule is CC1(C)[C@]23C[C@H](Br)[C@@](C)(O)C[C@@H]2O[C@@]1(Br)C=C[C@@]3(C)O. The summed E-state index contributed by atoms with van der Waals surface area (Å²) in [6.45, 7) is 7.97. The molecule has 1 spiro atoms. The molecule has 2 fully saturated rings. The van der Waals surface area contributed by atoms with E-state index in [2.05, 4.69) is 45.7 Å². The van der Waals surface area contributed by atoms with Gasteiger partial charge in [0.15, 0.2) is 0 Å². The first-order valence-electron chi connectivity index (χ1n) is 7.06. The van der Waals surface area contributed by atoms with E-state index in [1.165, 1.54) is 0 Å². The molecule has 114 valence electrons. The van der Waals surface area contributed by atoms with Gasteiger partial charge in [0.1, 0.15) is 4.51 Å². The van der Waals surface area contributed by atoms with Crippen LogP contribution in [0, 0.1) is 10.8 Å². The third-order valence-corrected chi connectivity index (χ3v) is 8.88. The summed E-state index contributed by atoms with van der Waals surface area (Å²) in [5.74, 6) is 0. The van der Waals surface area contributed by atoms with Crippen LogP contribution in [0.4, 0.5) is 0 Å². The van der Waals surface area contributed by atoms with Crippen molar-refractivity contribution in [2.75, 3.05) is 0 Å². The molecule has 0 amide bonds. The molecule has 1 saturated carbocycles. The summed E-state index contributed by atoms with van der Waals surface area (Å²) < 4.78 is 5.71. The molecular formula is C15H22Br2O3. The lowest BCUT2D eigenvalue weighted by Gasteiger charge is -2.59. The Morgan fingerprint density at radius 1 is 1.10 bits per heavy atom. The predicted octanol–water partition coefficient (Wildman–Crippen LogP) is 3.12. The van der Waals surface area contributed by atoms with Crippen LogP contribution in [0.15, 0.2) is 12.2 Å². The van der Waals surface area contributed by atoms with Gasteiger partial charge in [-0.25, -0.2) is 0 Å². The van der Waals surface area contributed by atoms with Gasteiger partial charge >= 0.3 is 0 Å². The number of rotatable bonds is 0. The van der Waals surface area contributed by atoms with Crippen molar-refractivity contribution in [1.82, 2.24) is 0 Å². The standard InChI is InChI=1S/C15H22Br2O3/c1-11(2)14-7-9(16)12(3,18)8-10(14)20-15(11,17)6-5-13(14,4)19/h5-6,9-10,18-19H,7-8H2,1-4H3/t9-,10-,12-,13+,14-,15-/m0/s1. The Bertz CT molecular complexity index is 486. The Morgan fingerprint density at radius 2 is 1.70 bits per heavy atom. The molecular weight excluding hydrogens is 388 g/mol. The zero-order valence-corrected chi connectivity index (χ0v) is 15.5. The minimum Gasteiger partial charge on any atom is -0.389 e. The molecule has 0 radical (unpaired) electrons. The average Bonchev–Trinajstić information content (AvgIpc) is 2.37. The molecule has 5 heteroatoms. The first-order valence-corrected chi connectivity index (χ1v) is 8.76. The normalized spacial score (nSPS) is 60.4. The van der Waals surface area contributed by atoms with Crippen LogP contribution in [0.25, 0.3) is 0 Å². The maximum absolute atomic E-state index is 11.1. The third kappa shape index (κ3) is 1.51. The number of ether oxygens (including phenoxy) is 1. The van der Waals surface area contributed by atoms with E-state index in [-0.39, 0.29) is 16.3 Å². The third-order valence-electron chi connectivity index (χ3n) is 6.13. The van der Waals surface area contributed by atoms with Crippen molar-refractivity contribution in [2.45, 2.75) is 67.2 Å². The van der Waals surface area contributed by atoms with Crippen molar-refractivity contribution in [3.63, 3.8) is 0 Å². The second-order valence-corrected chi connectivity index (χ2v) is 9.85. The van der Waals surface area contributed by atoms with Crippen LogP contribution in [0.2, 0.25) is 0 Å². The molecule has 6 atom stereocenters. The van der Waals surface area contributed by atoms with Gasteiger partial charge in [-0.1, -0.05) is 35.9 Å². The van der Waals surface area contributed by atoms with Crippen molar-refractivity contribution in [1.29, 1.82) is 0 Å². The second kappa shape index (κ2) is 3.91. The average molecular weight is 410 g/mol. The summed E-state index contributed by atoms with van der Waals surface area (Å²) in [7, 11) is 0. The zero-order valence-electron chi connectivity index (χ0n) is 12.3. The maximum Gasteiger partial charge on any atom is 0.147 e. The van der Waals surface area contributed by atoms with Crippen molar-refractivity contribution >= 4 is 31.9 Å². The van der Waals surface area contributed by atoms with Gasteiger partial charge in [0, 0.05) is 22.1 Å². The smallest absolute Gasteiger partial charge is 0.147 e. The fourth-order valence-corrected chi connectivity index (χ4v) is 6.01. The first-order chi connectivity index (χ1) is 8.90. The molecule has 0 aromatic heterocycles. The van der Waals surface area contributed by atoms with Crippen LogP contribution in [-0.2, 0) is 4.74 Å². The fourth-order valence-electron chi connectivity index (χ4n) is 4.60. The Labute approximate surface area is 137 Å². The van der Waals surface area contributed by atoms with Crippen LogP contribution in [-0.4, -0.2) is 36.9 Å². The number of hydrogen-bond donors (Lipinski definition) is 2. The van der Waals surface area contributed by atoms with Crippen molar-refractivity contribution in [2.24, 2.45) is 10.8 Å². The van der Waals surface area contributed by atoms with Crippen LogP contribution >= 0.6 is 31.9 Å². The molecule has 0 aromatic rings. The molecule has 1 saturated heterocycles. The van der Waals surface area contributed by atoms with Gasteiger partial charge in [0.05, 0.1) is 17.3 Å². The van der Waals surface area contributed by atoms with Gasteiger partial charge in [-0.15, -0.1) is 0 Å². The van der Waals surface area contributed by atoms with Crippen LogP contribution in [0.3, 0.4) is 0 Å². The molecule has 2 aliphatic carbocycles. The van der Waals surface area contributed by atoms with Gasteiger partial charge in [-0.05, 0) is 42.3 Å². The second-order valence-electron chi connectivity index (χ2n) is 7.56. The Hall–Kier alpha value is 0.580. The largest absolute Gasteiger partial charge is 0.389 e. The lowest BCUT2D eigenvalue weighted by Crippen LogP contribution is -2.66. The minimum atomic E-state index is -0.961. The van der Waals surface area contributed by atoms with Gasteiger partial charge in [0.25, 0.3) is 0 Å². The van der Waals surface area contributed by atoms with Crippen LogP contribution in [0.5, 0.6) is 0 Å². The maximum atomic E-state index is 11.1. The molecule has 0 unspecified atom stereocenters. The highest BCUT2D eigenvalue weighted by Gasteiger charge is 2.76. The summed E-state index contributed by atoms with van der Waals surface area (Å²) in [5, 5.41) is 21.7. The van der Waals surface area contributed by atoms with Gasteiger partial charge < -0.3 is 14.9 Å². The molecule has 3 rings (SSSR count). The number of fused-ring (bicyclic) bond motifs is 1. The summed E-state index contributed by atoms with van der Waals surface area (Å²) in [6, 6.07) is 0. The highest BCUT2D eigenvalue weighted by atomic mass is 79.9. The zero-order chi connectivity index (χ0) is 15.2. The Morgan fingerprint density at radius 3 is 2.30 bits per heavy atom. The van der Waals surface area contributed by atoms with E-state index in [4.69, 9.17) is 4.74 Å². The predicted molar refractivity (Wildman–Crippen MR) is 85.1 cm³/mol. The number of alkyl halides is 2. The molecule has 2 bridgehead atoms. The first kappa shape index (κ1) is 15.5. The highest BCUT2D eigenvalue weighted by Crippen LogP contribution is 2.72. The molecule has 20 heavy (non-hydrogen) atoms. The van der Waals surface area contributed by atoms with Gasteiger partial charge in [-0.2, -0.15) is 0 Å². The summed E-state index contributed by atoms with van der Waals surface area (Å²) in [4.78, 5) is -0.0676. The molecule has 2 N–H and O–H groups in total. The molecule has 1 heterocycles. The van der Waals surface area contributed by atoms with E-state index in [0.29, 0.717) is 12.8 Å². The Kier molecular flexibility index (Phi) is 3.03. The topological polar surface area (TPSA) is 49.7 Å². The van der Waals surface area contributed by atoms with E-state index in [9.17, 15) is 10.2 Å². The van der Waals surface area contributed by atoms with E-state index >= 15 is 0 Å². The van der Waals surface area contributed by atoms with Crippen molar-refractivity contribution < 1.29 is 14.9 Å². The van der Waals surface area contributed by atoms with Gasteiger partial charge in [-0.3, -0.25) is 0 Å². The molecule has 3 aliphatic rings. The lowest BCUT2D eigenvalue weighted by atomic mass is 9.47. The monoisotopic (exact) mass is 408 g/mol. The van der Waals surface area contributed by atoms with E-state index in [1.54, 1.807) is 0 Å².